The zero-order valence-electron chi connectivity index (χ0n) is 14.3. The van der Waals surface area contributed by atoms with Crippen LogP contribution >= 0.6 is 0 Å². The molecule has 1 aromatic carbocycles. The first-order chi connectivity index (χ1) is 11.8. The Bertz CT molecular complexity index is 779. The number of primary sulfonamides is 1. The van der Waals surface area contributed by atoms with E-state index < -0.39 is 10.0 Å². The van der Waals surface area contributed by atoms with Gasteiger partial charge in [0.1, 0.15) is 0 Å². The number of anilines is 2. The van der Waals surface area contributed by atoms with Crippen molar-refractivity contribution in [1.82, 2.24) is 20.1 Å². The third-order valence-electron chi connectivity index (χ3n) is 3.37. The normalized spacial score (nSPS) is 11.5. The van der Waals surface area contributed by atoms with Crippen LogP contribution in [0, 0.1) is 0 Å². The number of nitrogens with two attached hydrogens (primary N) is 1. The maximum absolute atomic E-state index is 11.2. The van der Waals surface area contributed by atoms with Crippen molar-refractivity contribution < 1.29 is 8.42 Å². The van der Waals surface area contributed by atoms with Gasteiger partial charge in [0.2, 0.25) is 16.0 Å². The molecule has 0 aliphatic carbocycles. The van der Waals surface area contributed by atoms with Gasteiger partial charge in [0, 0.05) is 19.6 Å². The van der Waals surface area contributed by atoms with Crippen LogP contribution in [-0.2, 0) is 16.4 Å². The Morgan fingerprint density at radius 1 is 1.12 bits per heavy atom. The Morgan fingerprint density at radius 3 is 2.48 bits per heavy atom. The molecular formula is C15H23N7O2S. The van der Waals surface area contributed by atoms with Crippen LogP contribution in [0.5, 0.6) is 0 Å². The second-order valence-electron chi connectivity index (χ2n) is 5.76. The van der Waals surface area contributed by atoms with Gasteiger partial charge in [-0.2, -0.15) is 10.1 Å². The first-order valence-corrected chi connectivity index (χ1v) is 9.33. The Kier molecular flexibility index (Phi) is 6.62. The standard InChI is InChI=1S/C15H23N7O2S/c1-22(2)10-9-18-15-20-14(11-19-21-15)17-8-7-12-3-5-13(6-4-12)25(16,23)24/h3-6,11H,7-10H2,1-2H3,(H2,16,23,24)(H2,17,18,20,21). The van der Waals surface area contributed by atoms with Crippen molar-refractivity contribution in [2.75, 3.05) is 44.4 Å². The molecule has 0 spiro atoms. The lowest BCUT2D eigenvalue weighted by atomic mass is 10.1. The molecule has 10 heteroatoms. The number of nitrogens with zero attached hydrogens (tertiary/aromatic N) is 4. The summed E-state index contributed by atoms with van der Waals surface area (Å²) >= 11 is 0. The van der Waals surface area contributed by atoms with Crippen LogP contribution in [0.2, 0.25) is 0 Å². The number of aromatic nitrogens is 3. The zero-order valence-corrected chi connectivity index (χ0v) is 15.1. The van der Waals surface area contributed by atoms with Crippen LogP contribution in [0.25, 0.3) is 0 Å². The van der Waals surface area contributed by atoms with Gasteiger partial charge in [-0.25, -0.2) is 13.6 Å². The monoisotopic (exact) mass is 365 g/mol. The molecule has 0 saturated carbocycles. The van der Waals surface area contributed by atoms with Crippen LogP contribution in [0.1, 0.15) is 5.56 Å². The Labute approximate surface area is 147 Å². The highest BCUT2D eigenvalue weighted by molar-refractivity contribution is 7.89. The van der Waals surface area contributed by atoms with E-state index in [-0.39, 0.29) is 4.90 Å². The van der Waals surface area contributed by atoms with Crippen molar-refractivity contribution in [1.29, 1.82) is 0 Å². The quantitative estimate of drug-likeness (QED) is 0.573. The largest absolute Gasteiger partial charge is 0.368 e. The molecule has 0 fully saturated rings. The number of rotatable bonds is 9. The fourth-order valence-corrected chi connectivity index (χ4v) is 2.55. The number of sulfonamides is 1. The number of benzene rings is 1. The molecule has 2 rings (SSSR count). The molecule has 1 aromatic heterocycles. The number of hydrogen-bond acceptors (Lipinski definition) is 8. The third-order valence-corrected chi connectivity index (χ3v) is 4.30. The van der Waals surface area contributed by atoms with E-state index in [2.05, 4.69) is 30.7 Å². The molecule has 0 aliphatic rings. The molecule has 1 heterocycles. The van der Waals surface area contributed by atoms with Crippen LogP contribution in [0.3, 0.4) is 0 Å². The molecule has 0 amide bonds. The number of nitrogens with one attached hydrogen (secondary N) is 2. The highest BCUT2D eigenvalue weighted by Gasteiger charge is 2.06. The van der Waals surface area contributed by atoms with Gasteiger partial charge in [-0.1, -0.05) is 12.1 Å². The highest BCUT2D eigenvalue weighted by atomic mass is 32.2. The predicted octanol–water partition coefficient (Wildman–Crippen LogP) is 0.147. The van der Waals surface area contributed by atoms with E-state index >= 15 is 0 Å². The molecular weight excluding hydrogens is 342 g/mol. The SMILES string of the molecule is CN(C)CCNc1nncc(NCCc2ccc(S(N)(=O)=O)cc2)n1. The molecule has 0 bridgehead atoms. The summed E-state index contributed by atoms with van der Waals surface area (Å²) < 4.78 is 22.4. The minimum Gasteiger partial charge on any atom is -0.368 e. The average Bonchev–Trinajstić information content (AvgIpc) is 2.55. The lowest BCUT2D eigenvalue weighted by molar-refractivity contribution is 0.425. The third kappa shape index (κ3) is 6.61. The van der Waals surface area contributed by atoms with Crippen molar-refractivity contribution >= 4 is 21.8 Å². The first-order valence-electron chi connectivity index (χ1n) is 7.78. The predicted molar refractivity (Wildman–Crippen MR) is 96.9 cm³/mol. The van der Waals surface area contributed by atoms with Gasteiger partial charge in [-0.3, -0.25) is 0 Å². The van der Waals surface area contributed by atoms with E-state index in [1.54, 1.807) is 18.3 Å². The molecule has 0 unspecified atom stereocenters. The summed E-state index contributed by atoms with van der Waals surface area (Å²) in [5.74, 6) is 1.10. The zero-order chi connectivity index (χ0) is 18.3. The van der Waals surface area contributed by atoms with Crippen molar-refractivity contribution in [2.45, 2.75) is 11.3 Å². The molecule has 0 radical (unpaired) electrons. The molecule has 4 N–H and O–H groups in total. The summed E-state index contributed by atoms with van der Waals surface area (Å²) in [6.45, 7) is 2.23. The van der Waals surface area contributed by atoms with E-state index in [1.165, 1.54) is 12.1 Å². The molecule has 0 atom stereocenters. The van der Waals surface area contributed by atoms with Crippen molar-refractivity contribution in [3.63, 3.8) is 0 Å². The van der Waals surface area contributed by atoms with Gasteiger partial charge < -0.3 is 15.5 Å². The number of likely N-dealkylation sites (N-methyl/N-ethyl adjacent to an activating group) is 1. The van der Waals surface area contributed by atoms with Gasteiger partial charge in [-0.05, 0) is 38.2 Å². The van der Waals surface area contributed by atoms with E-state index in [1.807, 2.05) is 14.1 Å². The smallest absolute Gasteiger partial charge is 0.244 e. The van der Waals surface area contributed by atoms with Crippen molar-refractivity contribution in [3.8, 4) is 0 Å². The molecule has 0 aliphatic heterocycles. The fraction of sp³-hybridized carbons (Fsp3) is 0.400. The summed E-state index contributed by atoms with van der Waals surface area (Å²) in [4.78, 5) is 6.51. The summed E-state index contributed by atoms with van der Waals surface area (Å²) in [5, 5.41) is 19.2. The van der Waals surface area contributed by atoms with Crippen LogP contribution < -0.4 is 15.8 Å². The molecule has 2 aromatic rings. The van der Waals surface area contributed by atoms with Gasteiger partial charge in [0.15, 0.2) is 5.82 Å². The Hall–Kier alpha value is -2.30. The van der Waals surface area contributed by atoms with E-state index in [0.717, 1.165) is 18.7 Å². The lowest BCUT2D eigenvalue weighted by Gasteiger charge is -2.10. The molecule has 25 heavy (non-hydrogen) atoms. The van der Waals surface area contributed by atoms with Gasteiger partial charge in [-0.15, -0.1) is 5.10 Å². The fourth-order valence-electron chi connectivity index (χ4n) is 2.04. The maximum Gasteiger partial charge on any atom is 0.244 e. The summed E-state index contributed by atoms with van der Waals surface area (Å²) in [6.07, 6.45) is 2.26. The van der Waals surface area contributed by atoms with Crippen LogP contribution in [-0.4, -0.2) is 62.2 Å². The van der Waals surface area contributed by atoms with E-state index in [0.29, 0.717) is 24.7 Å². The summed E-state index contributed by atoms with van der Waals surface area (Å²) in [6, 6.07) is 6.50. The van der Waals surface area contributed by atoms with E-state index in [9.17, 15) is 8.42 Å². The maximum atomic E-state index is 11.2. The molecule has 0 saturated heterocycles. The molecule has 136 valence electrons. The Morgan fingerprint density at radius 2 is 1.84 bits per heavy atom. The Balaban J connectivity index is 1.83. The first kappa shape index (κ1) is 19.0. The second kappa shape index (κ2) is 8.70. The van der Waals surface area contributed by atoms with Gasteiger partial charge in [0.05, 0.1) is 11.1 Å². The summed E-state index contributed by atoms with van der Waals surface area (Å²) in [7, 11) is 0.337. The summed E-state index contributed by atoms with van der Waals surface area (Å²) in [5.41, 5.74) is 0.992. The van der Waals surface area contributed by atoms with E-state index in [4.69, 9.17) is 5.14 Å². The van der Waals surface area contributed by atoms with Crippen LogP contribution in [0.15, 0.2) is 35.4 Å². The average molecular weight is 365 g/mol. The minimum absolute atomic E-state index is 0.109. The van der Waals surface area contributed by atoms with Crippen LogP contribution in [0.4, 0.5) is 11.8 Å². The minimum atomic E-state index is -3.65. The number of hydrogen-bond donors (Lipinski definition) is 3. The van der Waals surface area contributed by atoms with Crippen molar-refractivity contribution in [2.24, 2.45) is 5.14 Å². The van der Waals surface area contributed by atoms with Gasteiger partial charge >= 0.3 is 0 Å². The topological polar surface area (TPSA) is 126 Å². The van der Waals surface area contributed by atoms with Crippen molar-refractivity contribution in [3.05, 3.63) is 36.0 Å². The second-order valence-corrected chi connectivity index (χ2v) is 7.32. The molecule has 9 nitrogen and oxygen atoms in total. The lowest BCUT2D eigenvalue weighted by Crippen LogP contribution is -2.21. The van der Waals surface area contributed by atoms with Gasteiger partial charge in [0.25, 0.3) is 0 Å². The highest BCUT2D eigenvalue weighted by Crippen LogP contribution is 2.10.